The maximum absolute atomic E-state index is 12.0. The molecular weight excluding hydrogens is 212 g/mol. The van der Waals surface area contributed by atoms with E-state index in [0.717, 1.165) is 24.1 Å². The Morgan fingerprint density at radius 3 is 2.88 bits per heavy atom. The number of carbonyl (C=O) groups is 1. The predicted molar refractivity (Wildman–Crippen MR) is 66.8 cm³/mol. The highest BCUT2D eigenvalue weighted by Gasteiger charge is 2.34. The van der Waals surface area contributed by atoms with Crippen LogP contribution < -0.4 is 4.90 Å². The molecule has 2 rings (SSSR count). The number of likely N-dealkylation sites (N-methyl/N-ethyl adjacent to an activating group) is 1. The standard InChI is InChI=1S/C14H16N2O/c1-3-4-10-5-6-13-12(9-10)11(7-8-15)14(17)16(13)2/h5-6,9,11H,3-4,7H2,1-2H3/t11-/m1/s1. The van der Waals surface area contributed by atoms with E-state index in [1.54, 1.807) is 11.9 Å². The molecule has 0 radical (unpaired) electrons. The van der Waals surface area contributed by atoms with Gasteiger partial charge in [-0.05, 0) is 23.6 Å². The average molecular weight is 228 g/mol. The molecule has 0 aliphatic carbocycles. The van der Waals surface area contributed by atoms with Gasteiger partial charge in [0, 0.05) is 12.7 Å². The number of carbonyl (C=O) groups excluding carboxylic acids is 1. The van der Waals surface area contributed by atoms with Crippen molar-refractivity contribution in [1.82, 2.24) is 0 Å². The normalized spacial score (nSPS) is 18.1. The summed E-state index contributed by atoms with van der Waals surface area (Å²) in [6.07, 6.45) is 2.38. The van der Waals surface area contributed by atoms with Gasteiger partial charge in [0.2, 0.25) is 5.91 Å². The molecule has 0 aromatic heterocycles. The molecule has 1 atom stereocenters. The van der Waals surface area contributed by atoms with Gasteiger partial charge in [-0.25, -0.2) is 0 Å². The summed E-state index contributed by atoms with van der Waals surface area (Å²) in [5, 5.41) is 8.81. The zero-order valence-electron chi connectivity index (χ0n) is 10.2. The molecule has 1 heterocycles. The summed E-state index contributed by atoms with van der Waals surface area (Å²) in [6.45, 7) is 2.14. The lowest BCUT2D eigenvalue weighted by Crippen LogP contribution is -2.23. The lowest BCUT2D eigenvalue weighted by atomic mass is 9.95. The highest BCUT2D eigenvalue weighted by molar-refractivity contribution is 6.04. The van der Waals surface area contributed by atoms with E-state index in [1.165, 1.54) is 5.56 Å². The minimum Gasteiger partial charge on any atom is -0.315 e. The van der Waals surface area contributed by atoms with Crippen LogP contribution in [0.3, 0.4) is 0 Å². The first-order chi connectivity index (χ1) is 8.19. The smallest absolute Gasteiger partial charge is 0.235 e. The second-order valence-electron chi connectivity index (χ2n) is 4.46. The molecule has 1 aromatic carbocycles. The summed E-state index contributed by atoms with van der Waals surface area (Å²) in [4.78, 5) is 13.7. The molecule has 1 aliphatic heterocycles. The summed E-state index contributed by atoms with van der Waals surface area (Å²) in [5.74, 6) is -0.230. The fourth-order valence-corrected chi connectivity index (χ4v) is 2.41. The van der Waals surface area contributed by atoms with Crippen molar-refractivity contribution in [3.8, 4) is 6.07 Å². The molecule has 0 spiro atoms. The van der Waals surface area contributed by atoms with Crippen LogP contribution in [0, 0.1) is 11.3 Å². The summed E-state index contributed by atoms with van der Waals surface area (Å²) in [6, 6.07) is 8.26. The Hall–Kier alpha value is -1.82. The first-order valence-electron chi connectivity index (χ1n) is 5.96. The number of hydrogen-bond acceptors (Lipinski definition) is 2. The molecule has 1 aliphatic rings. The van der Waals surface area contributed by atoms with Crippen molar-refractivity contribution < 1.29 is 4.79 Å². The van der Waals surface area contributed by atoms with Crippen LogP contribution in [-0.4, -0.2) is 13.0 Å². The van der Waals surface area contributed by atoms with E-state index in [2.05, 4.69) is 25.1 Å². The summed E-state index contributed by atoms with van der Waals surface area (Å²) in [7, 11) is 1.78. The van der Waals surface area contributed by atoms with Crippen LogP contribution in [0.4, 0.5) is 5.69 Å². The van der Waals surface area contributed by atoms with Crippen LogP contribution in [0.5, 0.6) is 0 Å². The minimum absolute atomic E-state index is 0.0372. The number of benzene rings is 1. The number of amides is 1. The number of rotatable bonds is 3. The maximum Gasteiger partial charge on any atom is 0.235 e. The summed E-state index contributed by atoms with van der Waals surface area (Å²) in [5.41, 5.74) is 3.22. The predicted octanol–water partition coefficient (Wildman–Crippen LogP) is 2.61. The SMILES string of the molecule is CCCc1ccc2c(c1)[C@@H](CC#N)C(=O)N2C. The van der Waals surface area contributed by atoms with Crippen molar-refractivity contribution in [1.29, 1.82) is 5.26 Å². The van der Waals surface area contributed by atoms with E-state index in [9.17, 15) is 4.79 Å². The third-order valence-corrected chi connectivity index (χ3v) is 3.29. The van der Waals surface area contributed by atoms with Crippen molar-refractivity contribution in [3.63, 3.8) is 0 Å². The number of aryl methyl sites for hydroxylation is 1. The van der Waals surface area contributed by atoms with Gasteiger partial charge in [-0.2, -0.15) is 5.26 Å². The van der Waals surface area contributed by atoms with Crippen molar-refractivity contribution >= 4 is 11.6 Å². The van der Waals surface area contributed by atoms with Gasteiger partial charge >= 0.3 is 0 Å². The van der Waals surface area contributed by atoms with Gasteiger partial charge in [0.05, 0.1) is 18.4 Å². The molecule has 0 saturated carbocycles. The van der Waals surface area contributed by atoms with Crippen molar-refractivity contribution in [2.75, 3.05) is 11.9 Å². The van der Waals surface area contributed by atoms with E-state index in [0.29, 0.717) is 0 Å². The number of hydrogen-bond donors (Lipinski definition) is 0. The maximum atomic E-state index is 12.0. The van der Waals surface area contributed by atoms with Gasteiger partial charge in [0.1, 0.15) is 0 Å². The second-order valence-corrected chi connectivity index (χ2v) is 4.46. The Labute approximate surface area is 102 Å². The van der Waals surface area contributed by atoms with Crippen LogP contribution in [0.1, 0.15) is 36.8 Å². The van der Waals surface area contributed by atoms with E-state index in [1.807, 2.05) is 6.07 Å². The number of nitrogens with zero attached hydrogens (tertiary/aromatic N) is 2. The first kappa shape index (κ1) is 11.7. The monoisotopic (exact) mass is 228 g/mol. The Morgan fingerprint density at radius 2 is 2.24 bits per heavy atom. The molecule has 88 valence electrons. The molecule has 3 heteroatoms. The molecule has 0 bridgehead atoms. The van der Waals surface area contributed by atoms with Gasteiger partial charge in [0.15, 0.2) is 0 Å². The quantitative estimate of drug-likeness (QED) is 0.798. The van der Waals surface area contributed by atoms with Crippen LogP contribution >= 0.6 is 0 Å². The zero-order chi connectivity index (χ0) is 12.4. The third-order valence-electron chi connectivity index (χ3n) is 3.29. The second kappa shape index (κ2) is 4.58. The van der Waals surface area contributed by atoms with E-state index < -0.39 is 0 Å². The first-order valence-corrected chi connectivity index (χ1v) is 5.96. The van der Waals surface area contributed by atoms with Gasteiger partial charge in [-0.1, -0.05) is 25.5 Å². The van der Waals surface area contributed by atoms with Crippen LogP contribution in [0.25, 0.3) is 0 Å². The van der Waals surface area contributed by atoms with Crippen molar-refractivity contribution in [2.45, 2.75) is 32.1 Å². The molecule has 0 fully saturated rings. The van der Waals surface area contributed by atoms with E-state index in [4.69, 9.17) is 5.26 Å². The average Bonchev–Trinajstić information content (AvgIpc) is 2.55. The van der Waals surface area contributed by atoms with Crippen molar-refractivity contribution in [2.24, 2.45) is 0 Å². The Balaban J connectivity index is 2.42. The molecular formula is C14H16N2O. The van der Waals surface area contributed by atoms with Crippen LogP contribution in [0.2, 0.25) is 0 Å². The Morgan fingerprint density at radius 1 is 1.47 bits per heavy atom. The number of fused-ring (bicyclic) bond motifs is 1. The van der Waals surface area contributed by atoms with Gasteiger partial charge in [0.25, 0.3) is 0 Å². The summed E-state index contributed by atoms with van der Waals surface area (Å²) >= 11 is 0. The third kappa shape index (κ3) is 1.91. The Bertz CT molecular complexity index is 487. The van der Waals surface area contributed by atoms with Crippen LogP contribution in [-0.2, 0) is 11.2 Å². The lowest BCUT2D eigenvalue weighted by Gasteiger charge is -2.10. The fourth-order valence-electron chi connectivity index (χ4n) is 2.41. The van der Waals surface area contributed by atoms with E-state index in [-0.39, 0.29) is 18.2 Å². The molecule has 3 nitrogen and oxygen atoms in total. The van der Waals surface area contributed by atoms with Gasteiger partial charge < -0.3 is 4.90 Å². The van der Waals surface area contributed by atoms with Crippen molar-refractivity contribution in [3.05, 3.63) is 29.3 Å². The summed E-state index contributed by atoms with van der Waals surface area (Å²) < 4.78 is 0. The molecule has 0 N–H and O–H groups in total. The molecule has 0 saturated heterocycles. The largest absolute Gasteiger partial charge is 0.315 e. The number of nitriles is 1. The Kier molecular flexibility index (Phi) is 3.14. The fraction of sp³-hybridized carbons (Fsp3) is 0.429. The highest BCUT2D eigenvalue weighted by atomic mass is 16.2. The van der Waals surface area contributed by atoms with Gasteiger partial charge in [-0.3, -0.25) is 4.79 Å². The molecule has 1 amide bonds. The molecule has 0 unspecified atom stereocenters. The highest BCUT2D eigenvalue weighted by Crippen LogP contribution is 2.38. The topological polar surface area (TPSA) is 44.1 Å². The molecule has 1 aromatic rings. The molecule has 17 heavy (non-hydrogen) atoms. The number of anilines is 1. The lowest BCUT2D eigenvalue weighted by molar-refractivity contribution is -0.118. The van der Waals surface area contributed by atoms with E-state index >= 15 is 0 Å². The zero-order valence-corrected chi connectivity index (χ0v) is 10.2. The van der Waals surface area contributed by atoms with Gasteiger partial charge in [-0.15, -0.1) is 0 Å². The van der Waals surface area contributed by atoms with Crippen LogP contribution in [0.15, 0.2) is 18.2 Å². The minimum atomic E-state index is -0.267.